The number of aliphatic carboxylic acids is 1. The Bertz CT molecular complexity index is 3150. The smallest absolute Gasteiger partial charge is 0.300 e. The lowest BCUT2D eigenvalue weighted by atomic mass is 9.98. The van der Waals surface area contributed by atoms with Gasteiger partial charge in [-0.3, -0.25) is 58.1 Å². The topological polar surface area (TPSA) is 466 Å². The quantitative estimate of drug-likeness (QED) is 0.0156. The monoisotopic (exact) mass is 1270 g/mol. The van der Waals surface area contributed by atoms with E-state index in [2.05, 4.69) is 68.1 Å². The van der Waals surface area contributed by atoms with Gasteiger partial charge in [-0.2, -0.15) is 0 Å². The molecule has 8 unspecified atom stereocenters. The van der Waals surface area contributed by atoms with Gasteiger partial charge in [-0.15, -0.1) is 0 Å². The van der Waals surface area contributed by atoms with Crippen LogP contribution < -0.4 is 58.9 Å². The number of hydrogen-bond acceptors (Lipinski definition) is 15. The predicted molar refractivity (Wildman–Crippen MR) is 333 cm³/mol. The number of aliphatic hydroxyl groups is 1. The summed E-state index contributed by atoms with van der Waals surface area (Å²) in [5.41, 5.74) is 7.62. The number of H-pyrrole nitrogens is 2. The van der Waals surface area contributed by atoms with Crippen molar-refractivity contribution in [3.05, 3.63) is 84.1 Å². The molecule has 10 amide bonds. The molecule has 9 atom stereocenters. The Labute approximate surface area is 526 Å². The lowest BCUT2D eigenvalue weighted by Gasteiger charge is -2.31. The van der Waals surface area contributed by atoms with Crippen molar-refractivity contribution in [1.82, 2.24) is 73.0 Å². The van der Waals surface area contributed by atoms with Crippen molar-refractivity contribution >= 4 is 81.9 Å². The van der Waals surface area contributed by atoms with Crippen LogP contribution in [0, 0.1) is 17.2 Å². The molecule has 2 aliphatic heterocycles. The van der Waals surface area contributed by atoms with Crippen LogP contribution in [0.25, 0.3) is 10.9 Å². The number of fused-ring (bicyclic) bond motifs is 1. The zero-order valence-electron chi connectivity index (χ0n) is 52.1. The molecule has 0 radical (unpaired) electrons. The molecule has 18 N–H and O–H groups in total. The number of carboxylic acids is 1. The number of aromatic hydroxyl groups is 1. The highest BCUT2D eigenvalue weighted by molar-refractivity contribution is 5.99. The maximum atomic E-state index is 14.7. The number of carbonyl (C=O) groups excluding carboxylic acids is 10. The Hall–Kier alpha value is -9.61. The molecule has 2 fully saturated rings. The summed E-state index contributed by atoms with van der Waals surface area (Å²) in [5, 5.41) is 63.5. The second-order valence-corrected chi connectivity index (χ2v) is 23.3. The zero-order chi connectivity index (χ0) is 66.9. The van der Waals surface area contributed by atoms with E-state index in [1.807, 2.05) is 19.9 Å². The molecule has 496 valence electrons. The first-order chi connectivity index (χ1) is 43.3. The number of likely N-dealkylation sites (tertiary alicyclic amines) is 1. The van der Waals surface area contributed by atoms with Gasteiger partial charge >= 0.3 is 0 Å². The number of aromatic amines is 2. The van der Waals surface area contributed by atoms with E-state index >= 15 is 0 Å². The molecule has 91 heavy (non-hydrogen) atoms. The highest BCUT2D eigenvalue weighted by Crippen LogP contribution is 2.22. The fourth-order valence-electron chi connectivity index (χ4n) is 10.5. The lowest BCUT2D eigenvalue weighted by molar-refractivity contribution is -0.142. The number of phenols is 1. The van der Waals surface area contributed by atoms with E-state index in [9.17, 15) is 58.2 Å². The first kappa shape index (κ1) is 72.1. The fraction of sp³-hybridized carbons (Fsp3) is 0.525. The number of guanidine groups is 1. The number of likely N-dealkylation sites (N-methyl/N-ethyl adjacent to an activating group) is 1. The summed E-state index contributed by atoms with van der Waals surface area (Å²) in [6.07, 6.45) is 5.85. The molecule has 2 aliphatic rings. The van der Waals surface area contributed by atoms with E-state index in [0.717, 1.165) is 12.4 Å². The van der Waals surface area contributed by atoms with Gasteiger partial charge < -0.3 is 89.1 Å². The largest absolute Gasteiger partial charge is 0.508 e. The van der Waals surface area contributed by atoms with E-state index in [0.29, 0.717) is 48.0 Å². The average molecular weight is 1270 g/mol. The Balaban J connectivity index is 0.00000365. The van der Waals surface area contributed by atoms with Crippen LogP contribution in [0.4, 0.5) is 0 Å². The van der Waals surface area contributed by atoms with Crippen molar-refractivity contribution in [2.45, 2.75) is 167 Å². The molecule has 0 spiro atoms. The van der Waals surface area contributed by atoms with Crippen molar-refractivity contribution in [2.24, 2.45) is 17.6 Å². The van der Waals surface area contributed by atoms with Crippen LogP contribution in [0.1, 0.15) is 110 Å². The third-order valence-corrected chi connectivity index (χ3v) is 14.9. The van der Waals surface area contributed by atoms with Crippen molar-refractivity contribution in [1.29, 1.82) is 5.41 Å². The Morgan fingerprint density at radius 1 is 0.703 bits per heavy atom. The maximum absolute atomic E-state index is 14.7. The SMILES string of the molecule is CC(=O)O.CCNC(=O)C1CCCN1C(=O)C(CCCNC(=N)N)NC(=O)C(CC(C)C)NC(=O)[C@@H](CC(C)C)NC(=O)C(Cc1ccc(O)cc1)NC(=O)C(CO)NC(=O)C(Cc1c[nH]c2ccccc12)NC(=O)C(Cc1c[nH]cn1)NC(=O)C1CCC(=O)N1. The number of phenolic OH excluding ortho intramolecular Hbond substituents is 1. The number of carbonyl (C=O) groups is 11. The third kappa shape index (κ3) is 23.1. The molecule has 2 aromatic heterocycles. The van der Waals surface area contributed by atoms with Gasteiger partial charge in [0, 0.05) is 75.5 Å². The number of aliphatic hydroxyl groups excluding tert-OH is 1. The number of nitrogens with two attached hydrogens (primary N) is 1. The highest BCUT2D eigenvalue weighted by Gasteiger charge is 2.40. The normalized spacial score (nSPS) is 16.7. The van der Waals surface area contributed by atoms with Crippen LogP contribution in [0.2, 0.25) is 0 Å². The van der Waals surface area contributed by atoms with E-state index in [1.54, 1.807) is 45.2 Å². The van der Waals surface area contributed by atoms with Crippen LogP contribution in [0.3, 0.4) is 0 Å². The summed E-state index contributed by atoms with van der Waals surface area (Å²) < 4.78 is 0. The number of amides is 10. The molecule has 30 nitrogen and oxygen atoms in total. The van der Waals surface area contributed by atoms with E-state index in [1.165, 1.54) is 41.7 Å². The number of nitrogens with zero attached hydrogens (tertiary/aromatic N) is 2. The Morgan fingerprint density at radius 2 is 1.25 bits per heavy atom. The van der Waals surface area contributed by atoms with Gasteiger partial charge in [0.1, 0.15) is 60.1 Å². The number of imidazole rings is 1. The van der Waals surface area contributed by atoms with Crippen LogP contribution in [0.15, 0.2) is 67.3 Å². The molecule has 2 aromatic carbocycles. The number of rotatable bonds is 32. The van der Waals surface area contributed by atoms with Gasteiger partial charge in [0.05, 0.1) is 18.6 Å². The summed E-state index contributed by atoms with van der Waals surface area (Å²) >= 11 is 0. The summed E-state index contributed by atoms with van der Waals surface area (Å²) in [7, 11) is 0. The van der Waals surface area contributed by atoms with E-state index < -0.39 is 114 Å². The fourth-order valence-corrected chi connectivity index (χ4v) is 10.5. The second kappa shape index (κ2) is 35.5. The average Bonchev–Trinajstić information content (AvgIpc) is 2.04. The number of para-hydroxylation sites is 1. The van der Waals surface area contributed by atoms with Gasteiger partial charge in [0.15, 0.2) is 5.96 Å². The van der Waals surface area contributed by atoms with Crippen molar-refractivity contribution in [3.8, 4) is 5.75 Å². The van der Waals surface area contributed by atoms with Crippen LogP contribution in [0.5, 0.6) is 5.75 Å². The molecule has 30 heteroatoms. The Kier molecular flexibility index (Phi) is 28.2. The molecular formula is C61H88N16O14. The molecular weight excluding hydrogens is 1180 g/mol. The molecule has 2 saturated heterocycles. The zero-order valence-corrected chi connectivity index (χ0v) is 52.1. The summed E-state index contributed by atoms with van der Waals surface area (Å²) in [5.74, 6) is -8.54. The molecule has 0 saturated carbocycles. The van der Waals surface area contributed by atoms with Crippen LogP contribution >= 0.6 is 0 Å². The van der Waals surface area contributed by atoms with Crippen LogP contribution in [-0.4, -0.2) is 187 Å². The number of aromatic nitrogens is 3. The van der Waals surface area contributed by atoms with E-state index in [-0.39, 0.29) is 99.8 Å². The molecule has 4 heterocycles. The number of carboxylic acid groups (broad SMARTS) is 1. The van der Waals surface area contributed by atoms with Gasteiger partial charge in [-0.1, -0.05) is 58.0 Å². The highest BCUT2D eigenvalue weighted by atomic mass is 16.4. The van der Waals surface area contributed by atoms with Gasteiger partial charge in [0.2, 0.25) is 59.1 Å². The molecule has 4 aromatic rings. The van der Waals surface area contributed by atoms with Gasteiger partial charge in [-0.25, -0.2) is 4.98 Å². The van der Waals surface area contributed by atoms with Crippen molar-refractivity contribution in [2.75, 3.05) is 26.2 Å². The minimum absolute atomic E-state index is 0.0378. The minimum Gasteiger partial charge on any atom is -0.508 e. The number of nitrogens with one attached hydrogen (secondary N) is 13. The second-order valence-electron chi connectivity index (χ2n) is 23.3. The van der Waals surface area contributed by atoms with Gasteiger partial charge in [-0.05, 0) is 93.0 Å². The Morgan fingerprint density at radius 3 is 1.80 bits per heavy atom. The van der Waals surface area contributed by atoms with Gasteiger partial charge in [0.25, 0.3) is 5.97 Å². The van der Waals surface area contributed by atoms with Crippen molar-refractivity contribution in [3.63, 3.8) is 0 Å². The number of hydrogen-bond donors (Lipinski definition) is 17. The minimum atomic E-state index is -1.75. The molecule has 0 aliphatic carbocycles. The lowest BCUT2D eigenvalue weighted by Crippen LogP contribution is -2.61. The first-order valence-corrected chi connectivity index (χ1v) is 30.5. The standard InChI is InChI=1S/C59H84N16O12.C2H4O2/c1-6-63-57(86)48-14-10-22-75(48)58(87)41(13-9-21-64-59(60)61)68-51(80)42(23-32(2)3)69-52(81)43(24-33(4)5)70-53(82)44(25-34-15-17-37(77)18-16-34)71-56(85)47(30-76)74-54(83)45(26-35-28-65-39-12-8-7-11-38(35)39)72-55(84)46(27-36-29-62-31-66-36)73-50(79)40-19-20-49(78)67-40;1-2(3)4/h7-8,11-12,15-18,28-29,31-33,40-48,65,76-77H,6,9-10,13-14,19-27,30H2,1-5H3,(H,62,66)(H,63,86)(H,67,78)(H,68,80)(H,69,81)(H,70,82)(H,71,85)(H,72,84)(H,73,79)(H,74,83)(H4,60,61,64);1H3,(H,3,4)/t40?,41?,42?,43-,44?,45?,46?,47?,48?;/m1./s1. The molecule has 0 bridgehead atoms. The molecule has 6 rings (SSSR count). The summed E-state index contributed by atoms with van der Waals surface area (Å²) in [6, 6.07) is 1.54. The predicted octanol–water partition coefficient (Wildman–Crippen LogP) is -1.14. The first-order valence-electron chi connectivity index (χ1n) is 30.5. The maximum Gasteiger partial charge on any atom is 0.300 e. The third-order valence-electron chi connectivity index (χ3n) is 14.9. The summed E-state index contributed by atoms with van der Waals surface area (Å²) in [6.45, 7) is 9.95. The summed E-state index contributed by atoms with van der Waals surface area (Å²) in [4.78, 5) is 160. The van der Waals surface area contributed by atoms with Crippen LogP contribution in [-0.2, 0) is 72.0 Å². The van der Waals surface area contributed by atoms with Crippen molar-refractivity contribution < 1.29 is 68.1 Å². The van der Waals surface area contributed by atoms with E-state index in [4.69, 9.17) is 21.0 Å². The number of benzene rings is 2.